The van der Waals surface area contributed by atoms with Gasteiger partial charge >= 0.3 is 0 Å². The average molecular weight is 367 g/mol. The van der Waals surface area contributed by atoms with Gasteiger partial charge in [0.15, 0.2) is 0 Å². The van der Waals surface area contributed by atoms with Crippen LogP contribution in [0.15, 0.2) is 48.5 Å². The molecule has 144 valence electrons. The summed E-state index contributed by atoms with van der Waals surface area (Å²) >= 11 is 0. The first-order valence-electron chi connectivity index (χ1n) is 9.74. The maximum absolute atomic E-state index is 12.6. The minimum absolute atomic E-state index is 0.0117. The second-order valence-electron chi connectivity index (χ2n) is 7.01. The minimum Gasteiger partial charge on any atom is -0.493 e. The van der Waals surface area contributed by atoms with Gasteiger partial charge in [-0.2, -0.15) is 0 Å². The Morgan fingerprint density at radius 2 is 1.93 bits per heavy atom. The molecule has 2 atom stereocenters. The molecular formula is C22H29N3O2. The molecule has 1 saturated heterocycles. The van der Waals surface area contributed by atoms with Crippen molar-refractivity contribution in [3.63, 3.8) is 0 Å². The first-order valence-corrected chi connectivity index (χ1v) is 9.74. The Labute approximate surface area is 161 Å². The van der Waals surface area contributed by atoms with Crippen molar-refractivity contribution in [2.45, 2.75) is 51.7 Å². The molecule has 3 rings (SSSR count). The highest BCUT2D eigenvalue weighted by molar-refractivity contribution is 5.82. The number of carbonyl (C=O) groups excluding carboxylic acids is 1. The van der Waals surface area contributed by atoms with Gasteiger partial charge in [-0.15, -0.1) is 0 Å². The van der Waals surface area contributed by atoms with Crippen molar-refractivity contribution >= 4 is 5.91 Å². The van der Waals surface area contributed by atoms with Gasteiger partial charge in [-0.1, -0.05) is 55.8 Å². The predicted molar refractivity (Wildman–Crippen MR) is 107 cm³/mol. The molecule has 1 aliphatic rings. The van der Waals surface area contributed by atoms with Crippen molar-refractivity contribution in [1.29, 1.82) is 0 Å². The Balaban J connectivity index is 1.57. The van der Waals surface area contributed by atoms with Crippen LogP contribution >= 0.6 is 0 Å². The Bertz CT molecular complexity index is 763. The largest absolute Gasteiger partial charge is 0.493 e. The van der Waals surface area contributed by atoms with Crippen molar-refractivity contribution in [2.24, 2.45) is 0 Å². The number of hydrogen-bond donors (Lipinski definition) is 3. The van der Waals surface area contributed by atoms with Crippen LogP contribution in [0.3, 0.4) is 0 Å². The molecule has 27 heavy (non-hydrogen) atoms. The molecule has 1 amide bonds. The van der Waals surface area contributed by atoms with Gasteiger partial charge in [0.2, 0.25) is 5.91 Å². The van der Waals surface area contributed by atoms with Crippen LogP contribution in [0.2, 0.25) is 0 Å². The van der Waals surface area contributed by atoms with Gasteiger partial charge in [0.05, 0.1) is 12.6 Å². The third-order valence-corrected chi connectivity index (χ3v) is 4.98. The highest BCUT2D eigenvalue weighted by Crippen LogP contribution is 2.30. The highest BCUT2D eigenvalue weighted by atomic mass is 16.5. The first-order chi connectivity index (χ1) is 13.2. The fourth-order valence-electron chi connectivity index (χ4n) is 3.27. The molecule has 0 bridgehead atoms. The lowest BCUT2D eigenvalue weighted by Crippen LogP contribution is -2.42. The Hall–Kier alpha value is -2.37. The van der Waals surface area contributed by atoms with Gasteiger partial charge in [-0.05, 0) is 37.0 Å². The minimum atomic E-state index is -0.261. The van der Waals surface area contributed by atoms with E-state index in [1.807, 2.05) is 36.4 Å². The maximum Gasteiger partial charge on any atom is 0.238 e. The molecule has 2 aromatic rings. The van der Waals surface area contributed by atoms with E-state index in [0.29, 0.717) is 19.6 Å². The summed E-state index contributed by atoms with van der Waals surface area (Å²) in [6.45, 7) is 5.47. The summed E-state index contributed by atoms with van der Waals surface area (Å²) in [5, 5.41) is 3.04. The van der Waals surface area contributed by atoms with E-state index in [-0.39, 0.29) is 18.0 Å². The summed E-state index contributed by atoms with van der Waals surface area (Å²) in [5.41, 5.74) is 9.81. The number of ether oxygens (including phenoxy) is 1. The van der Waals surface area contributed by atoms with E-state index >= 15 is 0 Å². The number of amides is 1. The maximum atomic E-state index is 12.6. The van der Waals surface area contributed by atoms with Crippen molar-refractivity contribution < 1.29 is 9.53 Å². The standard InChI is InChI=1S/C22H29N3O2/c1-3-4-13-27-21-12-8-7-11-18(21)19-14-20(25-24-19)22(26)23-15-17-10-6-5-9-16(17)2/h5-12,19-20,24-25H,3-4,13-15H2,1-2H3,(H,23,26). The van der Waals surface area contributed by atoms with Crippen molar-refractivity contribution in [3.05, 3.63) is 65.2 Å². The smallest absolute Gasteiger partial charge is 0.238 e. The number of benzene rings is 2. The van der Waals surface area contributed by atoms with Crippen LogP contribution in [-0.4, -0.2) is 18.6 Å². The average Bonchev–Trinajstić information content (AvgIpc) is 3.18. The molecule has 2 unspecified atom stereocenters. The number of nitrogens with one attached hydrogen (secondary N) is 3. The SMILES string of the molecule is CCCCOc1ccccc1C1CC(C(=O)NCc2ccccc2C)NN1. The summed E-state index contributed by atoms with van der Waals surface area (Å²) in [6.07, 6.45) is 2.83. The molecule has 1 heterocycles. The van der Waals surface area contributed by atoms with Gasteiger partial charge < -0.3 is 10.1 Å². The Kier molecular flexibility index (Phi) is 6.85. The number of carbonyl (C=O) groups is 1. The molecule has 3 N–H and O–H groups in total. The van der Waals surface area contributed by atoms with Crippen molar-refractivity contribution in [1.82, 2.24) is 16.2 Å². The summed E-state index contributed by atoms with van der Waals surface area (Å²) in [5.74, 6) is 0.906. The second kappa shape index (κ2) is 9.53. The molecule has 0 aromatic heterocycles. The number of hydrogen-bond acceptors (Lipinski definition) is 4. The molecule has 1 fully saturated rings. The lowest BCUT2D eigenvalue weighted by atomic mass is 10.0. The summed E-state index contributed by atoms with van der Waals surface area (Å²) < 4.78 is 5.94. The van der Waals surface area contributed by atoms with Crippen LogP contribution < -0.4 is 20.9 Å². The zero-order valence-corrected chi connectivity index (χ0v) is 16.1. The van der Waals surface area contributed by atoms with Gasteiger partial charge in [-0.3, -0.25) is 4.79 Å². The second-order valence-corrected chi connectivity index (χ2v) is 7.01. The number of aryl methyl sites for hydroxylation is 1. The fraction of sp³-hybridized carbons (Fsp3) is 0.409. The van der Waals surface area contributed by atoms with Crippen LogP contribution in [-0.2, 0) is 11.3 Å². The quantitative estimate of drug-likeness (QED) is 0.626. The molecular weight excluding hydrogens is 338 g/mol. The lowest BCUT2D eigenvalue weighted by molar-refractivity contribution is -0.123. The molecule has 0 aliphatic carbocycles. The fourth-order valence-corrected chi connectivity index (χ4v) is 3.27. The zero-order valence-electron chi connectivity index (χ0n) is 16.1. The van der Waals surface area contributed by atoms with E-state index in [1.54, 1.807) is 0 Å². The van der Waals surface area contributed by atoms with E-state index in [4.69, 9.17) is 4.74 Å². The van der Waals surface area contributed by atoms with Gasteiger partial charge in [-0.25, -0.2) is 10.9 Å². The van der Waals surface area contributed by atoms with Crippen LogP contribution in [0.25, 0.3) is 0 Å². The Morgan fingerprint density at radius 1 is 1.15 bits per heavy atom. The van der Waals surface area contributed by atoms with Crippen molar-refractivity contribution in [3.8, 4) is 5.75 Å². The number of unbranched alkanes of at least 4 members (excludes halogenated alkanes) is 1. The summed E-state index contributed by atoms with van der Waals surface area (Å²) in [6, 6.07) is 16.0. The number of hydrazine groups is 1. The molecule has 0 radical (unpaired) electrons. The van der Waals surface area contributed by atoms with Crippen LogP contribution in [0, 0.1) is 6.92 Å². The number of rotatable bonds is 8. The normalized spacial score (nSPS) is 19.0. The van der Waals surface area contributed by atoms with Crippen LogP contribution in [0.5, 0.6) is 5.75 Å². The third-order valence-electron chi connectivity index (χ3n) is 4.98. The molecule has 0 saturated carbocycles. The molecule has 5 nitrogen and oxygen atoms in total. The zero-order chi connectivity index (χ0) is 19.1. The van der Waals surface area contributed by atoms with E-state index in [0.717, 1.165) is 29.7 Å². The van der Waals surface area contributed by atoms with Gasteiger partial charge in [0, 0.05) is 12.1 Å². The summed E-state index contributed by atoms with van der Waals surface area (Å²) in [4.78, 5) is 12.6. The van der Waals surface area contributed by atoms with E-state index in [1.165, 1.54) is 5.56 Å². The lowest BCUT2D eigenvalue weighted by Gasteiger charge is -2.16. The Morgan fingerprint density at radius 3 is 2.74 bits per heavy atom. The summed E-state index contributed by atoms with van der Waals surface area (Å²) in [7, 11) is 0. The topological polar surface area (TPSA) is 62.4 Å². The van der Waals surface area contributed by atoms with Crippen LogP contribution in [0.4, 0.5) is 0 Å². The third kappa shape index (κ3) is 5.08. The predicted octanol–water partition coefficient (Wildman–Crippen LogP) is 3.40. The van der Waals surface area contributed by atoms with E-state index < -0.39 is 0 Å². The van der Waals surface area contributed by atoms with Gasteiger partial charge in [0.1, 0.15) is 11.8 Å². The number of para-hydroxylation sites is 1. The molecule has 1 aliphatic heterocycles. The highest BCUT2D eigenvalue weighted by Gasteiger charge is 2.31. The molecule has 2 aromatic carbocycles. The van der Waals surface area contributed by atoms with E-state index in [2.05, 4.69) is 42.1 Å². The van der Waals surface area contributed by atoms with Crippen molar-refractivity contribution in [2.75, 3.05) is 6.61 Å². The first kappa shape index (κ1) is 19.4. The molecule has 5 heteroatoms. The van der Waals surface area contributed by atoms with Gasteiger partial charge in [0.25, 0.3) is 0 Å². The van der Waals surface area contributed by atoms with E-state index in [9.17, 15) is 4.79 Å². The molecule has 0 spiro atoms. The monoisotopic (exact) mass is 367 g/mol. The van der Waals surface area contributed by atoms with Crippen LogP contribution in [0.1, 0.15) is 48.9 Å².